The van der Waals surface area contributed by atoms with Crippen LogP contribution in [0, 0.1) is 11.8 Å². The predicted molar refractivity (Wildman–Crippen MR) is 53.9 cm³/mol. The molecule has 6 nitrogen and oxygen atoms in total. The lowest BCUT2D eigenvalue weighted by Gasteiger charge is -2.40. The summed E-state index contributed by atoms with van der Waals surface area (Å²) in [6, 6.07) is 0. The van der Waals surface area contributed by atoms with E-state index >= 15 is 0 Å². The normalized spacial score (nSPS) is 34.7. The van der Waals surface area contributed by atoms with Crippen LogP contribution in [0.1, 0.15) is 19.3 Å². The Bertz CT molecular complexity index is 392. The summed E-state index contributed by atoms with van der Waals surface area (Å²) in [5.74, 6) is -2.19. The molecule has 17 heavy (non-hydrogen) atoms. The van der Waals surface area contributed by atoms with Gasteiger partial charge in [0.05, 0.1) is 11.8 Å². The van der Waals surface area contributed by atoms with E-state index in [9.17, 15) is 19.5 Å². The van der Waals surface area contributed by atoms with Crippen LogP contribution in [-0.4, -0.2) is 46.5 Å². The Kier molecular flexibility index (Phi) is 2.07. The lowest BCUT2D eigenvalue weighted by molar-refractivity contribution is -0.170. The van der Waals surface area contributed by atoms with Gasteiger partial charge in [0.15, 0.2) is 5.54 Å². The smallest absolute Gasteiger partial charge is 0.330 e. The minimum absolute atomic E-state index is 0.194. The topological polar surface area (TPSA) is 83.9 Å². The lowest BCUT2D eigenvalue weighted by atomic mass is 9.88. The van der Waals surface area contributed by atoms with Crippen molar-refractivity contribution < 1.29 is 24.2 Å². The number of carbonyl (C=O) groups excluding carboxylic acids is 2. The van der Waals surface area contributed by atoms with E-state index in [1.54, 1.807) is 0 Å². The molecule has 0 aromatic carbocycles. The predicted octanol–water partition coefficient (Wildman–Crippen LogP) is -0.375. The van der Waals surface area contributed by atoms with E-state index in [0.717, 1.165) is 4.90 Å². The third-order valence-corrected chi connectivity index (χ3v) is 4.01. The van der Waals surface area contributed by atoms with Crippen molar-refractivity contribution in [2.45, 2.75) is 24.8 Å². The number of fused-ring (bicyclic) bond motifs is 1. The number of carboxylic acid groups (broad SMARTS) is 1. The van der Waals surface area contributed by atoms with Gasteiger partial charge < -0.3 is 9.84 Å². The minimum atomic E-state index is -1.36. The summed E-state index contributed by atoms with van der Waals surface area (Å²) in [6.45, 7) is 0.553. The molecule has 3 aliphatic rings. The van der Waals surface area contributed by atoms with Gasteiger partial charge in [-0.3, -0.25) is 14.5 Å². The quantitative estimate of drug-likeness (QED) is 0.664. The summed E-state index contributed by atoms with van der Waals surface area (Å²) in [5, 5.41) is 9.38. The molecule has 3 fully saturated rings. The SMILES string of the molecule is O=C1C2CC2C(=O)N1C1(C(=O)O)CCOCC1. The van der Waals surface area contributed by atoms with E-state index in [1.807, 2.05) is 0 Å². The fraction of sp³-hybridized carbons (Fsp3) is 0.727. The number of aliphatic carboxylic acids is 1. The van der Waals surface area contributed by atoms with Gasteiger partial charge in [-0.1, -0.05) is 0 Å². The van der Waals surface area contributed by atoms with Crippen molar-refractivity contribution in [2.75, 3.05) is 13.2 Å². The van der Waals surface area contributed by atoms with Gasteiger partial charge in [0.2, 0.25) is 11.8 Å². The van der Waals surface area contributed by atoms with Crippen LogP contribution in [0.4, 0.5) is 0 Å². The maximum Gasteiger partial charge on any atom is 0.330 e. The molecule has 0 spiro atoms. The summed E-state index contributed by atoms with van der Waals surface area (Å²) in [4.78, 5) is 36.4. The zero-order valence-corrected chi connectivity index (χ0v) is 9.22. The highest BCUT2D eigenvalue weighted by molar-refractivity contribution is 6.12. The zero-order valence-electron chi connectivity index (χ0n) is 9.22. The number of imide groups is 1. The Labute approximate surface area is 97.5 Å². The van der Waals surface area contributed by atoms with Crippen molar-refractivity contribution in [1.82, 2.24) is 4.90 Å². The van der Waals surface area contributed by atoms with E-state index in [1.165, 1.54) is 0 Å². The Hall–Kier alpha value is -1.43. The van der Waals surface area contributed by atoms with Gasteiger partial charge in [0.25, 0.3) is 0 Å². The zero-order chi connectivity index (χ0) is 12.2. The molecule has 0 radical (unpaired) electrons. The first-order valence-corrected chi connectivity index (χ1v) is 5.77. The van der Waals surface area contributed by atoms with Crippen molar-refractivity contribution in [2.24, 2.45) is 11.8 Å². The highest BCUT2D eigenvalue weighted by atomic mass is 16.5. The van der Waals surface area contributed by atoms with Crippen LogP contribution >= 0.6 is 0 Å². The number of hydrogen-bond acceptors (Lipinski definition) is 4. The van der Waals surface area contributed by atoms with Crippen LogP contribution in [0.2, 0.25) is 0 Å². The molecule has 1 saturated carbocycles. The summed E-state index contributed by atoms with van der Waals surface area (Å²) >= 11 is 0. The molecule has 1 aliphatic carbocycles. The molecule has 2 unspecified atom stereocenters. The maximum absolute atomic E-state index is 12.0. The molecule has 3 rings (SSSR count). The average molecular weight is 239 g/mol. The minimum Gasteiger partial charge on any atom is -0.479 e. The van der Waals surface area contributed by atoms with Gasteiger partial charge in [-0.25, -0.2) is 4.79 Å². The van der Waals surface area contributed by atoms with E-state index in [-0.39, 0.29) is 49.7 Å². The number of hydrogen-bond donors (Lipinski definition) is 1. The molecule has 2 amide bonds. The molecule has 1 N–H and O–H groups in total. The number of piperidine rings is 1. The van der Waals surface area contributed by atoms with Crippen molar-refractivity contribution in [3.05, 3.63) is 0 Å². The van der Waals surface area contributed by atoms with Gasteiger partial charge in [-0.05, 0) is 6.42 Å². The Morgan fingerprint density at radius 2 is 1.76 bits per heavy atom. The first-order chi connectivity index (χ1) is 8.08. The van der Waals surface area contributed by atoms with Crippen molar-refractivity contribution in [3.8, 4) is 0 Å². The molecular formula is C11H13NO5. The first-order valence-electron chi connectivity index (χ1n) is 5.77. The molecular weight excluding hydrogens is 226 g/mol. The van der Waals surface area contributed by atoms with Crippen LogP contribution in [0.15, 0.2) is 0 Å². The van der Waals surface area contributed by atoms with Gasteiger partial charge in [-0.15, -0.1) is 0 Å². The number of rotatable bonds is 2. The van der Waals surface area contributed by atoms with Crippen LogP contribution in [0.5, 0.6) is 0 Å². The second-order valence-corrected chi connectivity index (χ2v) is 4.91. The summed E-state index contributed by atoms with van der Waals surface area (Å²) in [5.41, 5.74) is -1.36. The maximum atomic E-state index is 12.0. The van der Waals surface area contributed by atoms with Gasteiger partial charge >= 0.3 is 5.97 Å². The number of likely N-dealkylation sites (tertiary alicyclic amines) is 1. The molecule has 0 aromatic rings. The third kappa shape index (κ3) is 1.27. The highest BCUT2D eigenvalue weighted by Crippen LogP contribution is 2.50. The Morgan fingerprint density at radius 1 is 1.24 bits per heavy atom. The largest absolute Gasteiger partial charge is 0.479 e. The molecule has 2 aliphatic heterocycles. The van der Waals surface area contributed by atoms with Crippen LogP contribution in [-0.2, 0) is 19.1 Å². The van der Waals surface area contributed by atoms with Crippen molar-refractivity contribution >= 4 is 17.8 Å². The molecule has 6 heteroatoms. The molecule has 0 aromatic heterocycles. The highest BCUT2D eigenvalue weighted by Gasteiger charge is 2.65. The number of carboxylic acids is 1. The fourth-order valence-electron chi connectivity index (χ4n) is 2.85. The van der Waals surface area contributed by atoms with Crippen LogP contribution in [0.25, 0.3) is 0 Å². The van der Waals surface area contributed by atoms with E-state index in [2.05, 4.69) is 0 Å². The molecule has 0 bridgehead atoms. The summed E-state index contributed by atoms with van der Waals surface area (Å²) in [6.07, 6.45) is 0.985. The third-order valence-electron chi connectivity index (χ3n) is 4.01. The Balaban J connectivity index is 1.96. The van der Waals surface area contributed by atoms with Crippen molar-refractivity contribution in [1.29, 1.82) is 0 Å². The van der Waals surface area contributed by atoms with Gasteiger partial charge in [-0.2, -0.15) is 0 Å². The van der Waals surface area contributed by atoms with Gasteiger partial charge in [0.1, 0.15) is 0 Å². The van der Waals surface area contributed by atoms with E-state index in [4.69, 9.17) is 4.74 Å². The average Bonchev–Trinajstić information content (AvgIpc) is 3.05. The second kappa shape index (κ2) is 3.29. The number of carbonyl (C=O) groups is 3. The molecule has 2 atom stereocenters. The number of amides is 2. The molecule has 92 valence electrons. The molecule has 2 saturated heterocycles. The molecule has 2 heterocycles. The standard InChI is InChI=1S/C11H13NO5/c13-8-6-5-7(6)9(14)12(8)11(10(15)16)1-3-17-4-2-11/h6-7H,1-5H2,(H,15,16). The lowest BCUT2D eigenvalue weighted by Crippen LogP contribution is -2.60. The second-order valence-electron chi connectivity index (χ2n) is 4.91. The number of ether oxygens (including phenoxy) is 1. The van der Waals surface area contributed by atoms with Gasteiger partial charge in [0, 0.05) is 26.1 Å². The van der Waals surface area contributed by atoms with Crippen molar-refractivity contribution in [3.63, 3.8) is 0 Å². The summed E-state index contributed by atoms with van der Waals surface area (Å²) in [7, 11) is 0. The van der Waals surface area contributed by atoms with E-state index in [0.29, 0.717) is 6.42 Å². The van der Waals surface area contributed by atoms with Crippen LogP contribution < -0.4 is 0 Å². The van der Waals surface area contributed by atoms with E-state index < -0.39 is 11.5 Å². The fourth-order valence-corrected chi connectivity index (χ4v) is 2.85. The van der Waals surface area contributed by atoms with Crippen LogP contribution in [0.3, 0.4) is 0 Å². The Morgan fingerprint density at radius 3 is 2.24 bits per heavy atom. The monoisotopic (exact) mass is 239 g/mol. The number of nitrogens with zero attached hydrogens (tertiary/aromatic N) is 1. The first kappa shape index (κ1) is 10.7. The summed E-state index contributed by atoms with van der Waals surface area (Å²) < 4.78 is 5.13.